The van der Waals surface area contributed by atoms with E-state index in [1.54, 1.807) is 13.2 Å². The maximum Gasteiger partial charge on any atom is 0.213 e. The van der Waals surface area contributed by atoms with E-state index in [0.29, 0.717) is 36.5 Å². The Morgan fingerprint density at radius 1 is 1.10 bits per heavy atom. The normalized spacial score (nSPS) is 10.2. The molecule has 0 saturated carbocycles. The molecule has 0 N–H and O–H groups in total. The number of halogens is 1. The number of pyridine rings is 1. The van der Waals surface area contributed by atoms with E-state index in [-0.39, 0.29) is 0 Å². The average molecular weight is 308 g/mol. The van der Waals surface area contributed by atoms with E-state index >= 15 is 0 Å². The molecule has 0 spiro atoms. The van der Waals surface area contributed by atoms with Gasteiger partial charge >= 0.3 is 0 Å². The third kappa shape index (κ3) is 4.02. The van der Waals surface area contributed by atoms with Crippen molar-refractivity contribution < 1.29 is 14.2 Å². The van der Waals surface area contributed by atoms with Gasteiger partial charge in [0.05, 0.1) is 25.3 Å². The van der Waals surface area contributed by atoms with Crippen molar-refractivity contribution in [2.45, 2.75) is 19.4 Å². The Hall–Kier alpha value is -1.94. The number of rotatable bonds is 7. The average Bonchev–Trinajstić information content (AvgIpc) is 2.54. The van der Waals surface area contributed by atoms with Crippen molar-refractivity contribution in [2.24, 2.45) is 0 Å². The van der Waals surface area contributed by atoms with Gasteiger partial charge in [-0.3, -0.25) is 0 Å². The van der Waals surface area contributed by atoms with Crippen LogP contribution in [-0.2, 0) is 12.5 Å². The minimum Gasteiger partial charge on any atom is -0.490 e. The predicted octanol–water partition coefficient (Wildman–Crippen LogP) is 3.81. The van der Waals surface area contributed by atoms with Crippen molar-refractivity contribution in [2.75, 3.05) is 13.7 Å². The second kappa shape index (κ2) is 7.74. The van der Waals surface area contributed by atoms with E-state index in [2.05, 4.69) is 4.98 Å². The standard InChI is InChI=1S/C16H18ClNO3/c1-3-20-14-8-4-6-12(10-17)16(14)21-11-13-7-5-9-15(18-13)19-2/h4-9H,3,10-11H2,1-2H3. The molecule has 0 bridgehead atoms. The fraction of sp³-hybridized carbons (Fsp3) is 0.312. The van der Waals surface area contributed by atoms with Crippen LogP contribution in [0.5, 0.6) is 17.4 Å². The van der Waals surface area contributed by atoms with Gasteiger partial charge in [-0.15, -0.1) is 11.6 Å². The summed E-state index contributed by atoms with van der Waals surface area (Å²) in [4.78, 5) is 4.32. The monoisotopic (exact) mass is 307 g/mol. The molecule has 1 heterocycles. The smallest absolute Gasteiger partial charge is 0.213 e. The molecular weight excluding hydrogens is 290 g/mol. The molecule has 0 aliphatic heterocycles. The van der Waals surface area contributed by atoms with Gasteiger partial charge in [0.2, 0.25) is 5.88 Å². The zero-order valence-corrected chi connectivity index (χ0v) is 12.9. The first-order valence-electron chi connectivity index (χ1n) is 6.71. The second-order valence-electron chi connectivity index (χ2n) is 4.27. The molecule has 0 fully saturated rings. The molecule has 2 rings (SSSR count). The summed E-state index contributed by atoms with van der Waals surface area (Å²) in [7, 11) is 1.59. The molecule has 0 amide bonds. The third-order valence-corrected chi connectivity index (χ3v) is 3.15. The highest BCUT2D eigenvalue weighted by atomic mass is 35.5. The van der Waals surface area contributed by atoms with Crippen LogP contribution in [0.2, 0.25) is 0 Å². The zero-order chi connectivity index (χ0) is 15.1. The van der Waals surface area contributed by atoms with E-state index in [1.165, 1.54) is 0 Å². The molecule has 1 aromatic heterocycles. The van der Waals surface area contributed by atoms with Crippen molar-refractivity contribution in [3.8, 4) is 17.4 Å². The van der Waals surface area contributed by atoms with Crippen molar-refractivity contribution >= 4 is 11.6 Å². The molecule has 0 saturated heterocycles. The highest BCUT2D eigenvalue weighted by Crippen LogP contribution is 2.33. The molecule has 0 unspecified atom stereocenters. The maximum absolute atomic E-state index is 5.96. The Labute approximate surface area is 129 Å². The summed E-state index contributed by atoms with van der Waals surface area (Å²) >= 11 is 5.96. The molecule has 2 aromatic rings. The van der Waals surface area contributed by atoms with Crippen LogP contribution in [-0.4, -0.2) is 18.7 Å². The lowest BCUT2D eigenvalue weighted by Crippen LogP contribution is -2.03. The van der Waals surface area contributed by atoms with Crippen molar-refractivity contribution in [3.05, 3.63) is 47.7 Å². The topological polar surface area (TPSA) is 40.6 Å². The molecule has 5 heteroatoms. The Balaban J connectivity index is 2.18. The molecule has 0 aliphatic rings. The summed E-state index contributed by atoms with van der Waals surface area (Å²) in [5, 5.41) is 0. The van der Waals surface area contributed by atoms with Crippen molar-refractivity contribution in [1.82, 2.24) is 4.98 Å². The number of benzene rings is 1. The summed E-state index contributed by atoms with van der Waals surface area (Å²) in [5.74, 6) is 2.28. The summed E-state index contributed by atoms with van der Waals surface area (Å²) < 4.78 is 16.6. The summed E-state index contributed by atoms with van der Waals surface area (Å²) in [6.07, 6.45) is 0. The number of aromatic nitrogens is 1. The lowest BCUT2D eigenvalue weighted by atomic mass is 10.2. The van der Waals surface area contributed by atoms with Crippen LogP contribution >= 0.6 is 11.6 Å². The van der Waals surface area contributed by atoms with Crippen LogP contribution in [0.4, 0.5) is 0 Å². The van der Waals surface area contributed by atoms with E-state index in [1.807, 2.05) is 37.3 Å². The number of alkyl halides is 1. The minimum absolute atomic E-state index is 0.325. The number of methoxy groups -OCH3 is 1. The van der Waals surface area contributed by atoms with Crippen LogP contribution < -0.4 is 14.2 Å². The Kier molecular flexibility index (Phi) is 5.69. The molecule has 21 heavy (non-hydrogen) atoms. The predicted molar refractivity (Wildman–Crippen MR) is 82.3 cm³/mol. The van der Waals surface area contributed by atoms with Crippen LogP contribution in [0.1, 0.15) is 18.2 Å². The van der Waals surface area contributed by atoms with Gasteiger partial charge in [0.25, 0.3) is 0 Å². The van der Waals surface area contributed by atoms with E-state index in [0.717, 1.165) is 11.3 Å². The number of para-hydroxylation sites is 1. The molecule has 0 radical (unpaired) electrons. The van der Waals surface area contributed by atoms with Gasteiger partial charge in [-0.25, -0.2) is 4.98 Å². The number of hydrogen-bond acceptors (Lipinski definition) is 4. The van der Waals surface area contributed by atoms with E-state index < -0.39 is 0 Å². The third-order valence-electron chi connectivity index (χ3n) is 2.86. The van der Waals surface area contributed by atoms with Gasteiger partial charge in [0, 0.05) is 11.6 Å². The van der Waals surface area contributed by atoms with Gasteiger partial charge in [-0.1, -0.05) is 18.2 Å². The van der Waals surface area contributed by atoms with Gasteiger partial charge in [-0.05, 0) is 19.1 Å². The second-order valence-corrected chi connectivity index (χ2v) is 4.54. The SMILES string of the molecule is CCOc1cccc(CCl)c1OCc1cccc(OC)n1. The molecular formula is C16H18ClNO3. The van der Waals surface area contributed by atoms with Gasteiger partial charge in [-0.2, -0.15) is 0 Å². The fourth-order valence-corrected chi connectivity index (χ4v) is 2.11. The fourth-order valence-electron chi connectivity index (χ4n) is 1.90. The first-order valence-corrected chi connectivity index (χ1v) is 7.25. The number of ether oxygens (including phenoxy) is 3. The number of hydrogen-bond donors (Lipinski definition) is 0. The molecule has 4 nitrogen and oxygen atoms in total. The first-order chi connectivity index (χ1) is 10.3. The molecule has 1 aromatic carbocycles. The largest absolute Gasteiger partial charge is 0.490 e. The molecule has 0 atom stereocenters. The summed E-state index contributed by atoms with van der Waals surface area (Å²) in [6.45, 7) is 2.82. The Bertz CT molecular complexity index is 589. The Morgan fingerprint density at radius 2 is 1.90 bits per heavy atom. The molecule has 0 aliphatic carbocycles. The minimum atomic E-state index is 0.325. The van der Waals surface area contributed by atoms with Gasteiger partial charge < -0.3 is 14.2 Å². The van der Waals surface area contributed by atoms with Gasteiger partial charge in [0.15, 0.2) is 11.5 Å². The highest BCUT2D eigenvalue weighted by molar-refractivity contribution is 6.17. The Morgan fingerprint density at radius 3 is 2.62 bits per heavy atom. The quantitative estimate of drug-likeness (QED) is 0.729. The summed E-state index contributed by atoms with van der Waals surface area (Å²) in [6, 6.07) is 11.2. The first kappa shape index (κ1) is 15.4. The van der Waals surface area contributed by atoms with Crippen LogP contribution in [0, 0.1) is 0 Å². The summed E-state index contributed by atoms with van der Waals surface area (Å²) in [5.41, 5.74) is 1.67. The van der Waals surface area contributed by atoms with Crippen molar-refractivity contribution in [1.29, 1.82) is 0 Å². The molecule has 112 valence electrons. The highest BCUT2D eigenvalue weighted by Gasteiger charge is 2.11. The van der Waals surface area contributed by atoms with Crippen LogP contribution in [0.15, 0.2) is 36.4 Å². The van der Waals surface area contributed by atoms with Crippen LogP contribution in [0.3, 0.4) is 0 Å². The lowest BCUT2D eigenvalue weighted by Gasteiger charge is -2.14. The van der Waals surface area contributed by atoms with E-state index in [9.17, 15) is 0 Å². The zero-order valence-electron chi connectivity index (χ0n) is 12.1. The van der Waals surface area contributed by atoms with Gasteiger partial charge in [0.1, 0.15) is 6.61 Å². The number of nitrogens with zero attached hydrogens (tertiary/aromatic N) is 1. The van der Waals surface area contributed by atoms with Crippen molar-refractivity contribution in [3.63, 3.8) is 0 Å². The van der Waals surface area contributed by atoms with E-state index in [4.69, 9.17) is 25.8 Å². The van der Waals surface area contributed by atoms with Crippen LogP contribution in [0.25, 0.3) is 0 Å². The lowest BCUT2D eigenvalue weighted by molar-refractivity contribution is 0.263. The maximum atomic E-state index is 5.96.